The molecule has 1 saturated heterocycles. The molecule has 2 aliphatic rings. The standard InChI is InChI=1S/C29H30ClN3O/c30-27-20-33(23-10-12-25(13-11-23)34-24-6-2-3-7-24)28-14-8-21(18-26(27)28)22-9-15-29(31-19-22)32-16-4-1-5-17-32/h8-15,18-20,24H,1-7,16-17H2. The highest BCUT2D eigenvalue weighted by atomic mass is 35.5. The number of piperidine rings is 1. The normalized spacial score (nSPS) is 16.9. The summed E-state index contributed by atoms with van der Waals surface area (Å²) in [6.45, 7) is 2.21. The first-order chi connectivity index (χ1) is 16.7. The molecule has 0 spiro atoms. The number of pyridine rings is 1. The number of ether oxygens (including phenoxy) is 1. The fourth-order valence-electron chi connectivity index (χ4n) is 5.33. The zero-order chi connectivity index (χ0) is 22.9. The summed E-state index contributed by atoms with van der Waals surface area (Å²) in [4.78, 5) is 7.14. The lowest BCUT2D eigenvalue weighted by atomic mass is 10.1. The van der Waals surface area contributed by atoms with Crippen LogP contribution in [-0.2, 0) is 0 Å². The van der Waals surface area contributed by atoms with Gasteiger partial charge in [0, 0.05) is 42.1 Å². The molecule has 4 aromatic rings. The number of hydrogen-bond acceptors (Lipinski definition) is 3. The van der Waals surface area contributed by atoms with Crippen molar-refractivity contribution in [2.45, 2.75) is 51.0 Å². The van der Waals surface area contributed by atoms with Gasteiger partial charge in [0.1, 0.15) is 11.6 Å². The van der Waals surface area contributed by atoms with Crippen molar-refractivity contribution in [3.8, 4) is 22.6 Å². The SMILES string of the molecule is Clc1cn(-c2ccc(OC3CCCC3)cc2)c2ccc(-c3ccc(N4CCCCC4)nc3)cc12. The highest BCUT2D eigenvalue weighted by Crippen LogP contribution is 2.33. The van der Waals surface area contributed by atoms with Gasteiger partial charge in [-0.3, -0.25) is 0 Å². The molecule has 4 nitrogen and oxygen atoms in total. The fourth-order valence-corrected chi connectivity index (χ4v) is 5.58. The average Bonchev–Trinajstić information content (AvgIpc) is 3.53. The minimum absolute atomic E-state index is 0.370. The van der Waals surface area contributed by atoms with Gasteiger partial charge >= 0.3 is 0 Å². The molecular formula is C29H30ClN3O. The predicted octanol–water partition coefficient (Wildman–Crippen LogP) is 7.66. The molecule has 5 heteroatoms. The maximum absolute atomic E-state index is 6.69. The van der Waals surface area contributed by atoms with E-state index in [0.717, 1.165) is 57.4 Å². The topological polar surface area (TPSA) is 30.3 Å². The predicted molar refractivity (Wildman–Crippen MR) is 140 cm³/mol. The summed E-state index contributed by atoms with van der Waals surface area (Å²) in [5.41, 5.74) is 4.41. The van der Waals surface area contributed by atoms with Crippen molar-refractivity contribution < 1.29 is 4.74 Å². The van der Waals surface area contributed by atoms with E-state index in [0.29, 0.717) is 6.10 Å². The van der Waals surface area contributed by atoms with Gasteiger partial charge in [-0.15, -0.1) is 0 Å². The largest absolute Gasteiger partial charge is 0.490 e. The zero-order valence-corrected chi connectivity index (χ0v) is 20.2. The van der Waals surface area contributed by atoms with E-state index in [9.17, 15) is 0 Å². The third-order valence-electron chi connectivity index (χ3n) is 7.24. The first-order valence-electron chi connectivity index (χ1n) is 12.5. The van der Waals surface area contributed by atoms with Crippen LogP contribution < -0.4 is 9.64 Å². The van der Waals surface area contributed by atoms with Crippen LogP contribution in [0.25, 0.3) is 27.7 Å². The minimum Gasteiger partial charge on any atom is -0.490 e. The van der Waals surface area contributed by atoms with Gasteiger partial charge in [0.2, 0.25) is 0 Å². The Balaban J connectivity index is 1.25. The summed E-state index contributed by atoms with van der Waals surface area (Å²) in [7, 11) is 0. The van der Waals surface area contributed by atoms with Crippen LogP contribution in [0.4, 0.5) is 5.82 Å². The van der Waals surface area contributed by atoms with Gasteiger partial charge in [-0.05, 0) is 99.0 Å². The van der Waals surface area contributed by atoms with Crippen molar-refractivity contribution in [2.75, 3.05) is 18.0 Å². The lowest BCUT2D eigenvalue weighted by Crippen LogP contribution is -2.29. The van der Waals surface area contributed by atoms with E-state index < -0.39 is 0 Å². The summed E-state index contributed by atoms with van der Waals surface area (Å²) in [5.74, 6) is 2.02. The van der Waals surface area contributed by atoms with Crippen LogP contribution in [0.2, 0.25) is 5.02 Å². The highest BCUT2D eigenvalue weighted by Gasteiger charge is 2.17. The first kappa shape index (κ1) is 21.5. The van der Waals surface area contributed by atoms with Gasteiger partial charge in [0.05, 0.1) is 16.6 Å². The number of aromatic nitrogens is 2. The molecule has 1 aliphatic heterocycles. The second-order valence-corrected chi connectivity index (χ2v) is 9.96. The third kappa shape index (κ3) is 4.27. The summed E-state index contributed by atoms with van der Waals surface area (Å²) in [6.07, 6.45) is 13.1. The second-order valence-electron chi connectivity index (χ2n) is 9.55. The molecule has 34 heavy (non-hydrogen) atoms. The number of hydrogen-bond donors (Lipinski definition) is 0. The van der Waals surface area contributed by atoms with Crippen molar-refractivity contribution in [3.05, 3.63) is 72.0 Å². The summed E-state index contributed by atoms with van der Waals surface area (Å²) >= 11 is 6.69. The first-order valence-corrected chi connectivity index (χ1v) is 12.9. The molecule has 0 amide bonds. The fraction of sp³-hybridized carbons (Fsp3) is 0.345. The Morgan fingerprint density at radius 3 is 2.32 bits per heavy atom. The third-order valence-corrected chi connectivity index (χ3v) is 7.54. The Morgan fingerprint density at radius 1 is 0.824 bits per heavy atom. The van der Waals surface area contributed by atoms with Crippen LogP contribution in [0.5, 0.6) is 5.75 Å². The number of nitrogens with zero attached hydrogens (tertiary/aromatic N) is 3. The molecule has 0 radical (unpaired) electrons. The molecule has 1 saturated carbocycles. The minimum atomic E-state index is 0.370. The molecule has 2 aromatic carbocycles. The second kappa shape index (κ2) is 9.34. The van der Waals surface area contributed by atoms with Gasteiger partial charge in [0.15, 0.2) is 0 Å². The Kier molecular flexibility index (Phi) is 5.92. The van der Waals surface area contributed by atoms with Gasteiger partial charge in [0.25, 0.3) is 0 Å². The maximum Gasteiger partial charge on any atom is 0.128 e. The molecule has 2 fully saturated rings. The molecular weight excluding hydrogens is 442 g/mol. The number of benzene rings is 2. The molecule has 0 bridgehead atoms. The van der Waals surface area contributed by atoms with Crippen LogP contribution >= 0.6 is 11.6 Å². The number of halogens is 1. The van der Waals surface area contributed by atoms with E-state index in [2.05, 4.69) is 64.1 Å². The quantitative estimate of drug-likeness (QED) is 0.299. The number of anilines is 1. The van der Waals surface area contributed by atoms with Gasteiger partial charge in [-0.1, -0.05) is 17.7 Å². The van der Waals surface area contributed by atoms with E-state index >= 15 is 0 Å². The van der Waals surface area contributed by atoms with Crippen LogP contribution in [0.3, 0.4) is 0 Å². The monoisotopic (exact) mass is 471 g/mol. The molecule has 0 atom stereocenters. The molecule has 2 aromatic heterocycles. The van der Waals surface area contributed by atoms with Crippen LogP contribution in [0.15, 0.2) is 67.0 Å². The number of rotatable bonds is 5. The lowest BCUT2D eigenvalue weighted by molar-refractivity contribution is 0.210. The highest BCUT2D eigenvalue weighted by molar-refractivity contribution is 6.35. The van der Waals surface area contributed by atoms with Gasteiger partial charge in [-0.2, -0.15) is 0 Å². The van der Waals surface area contributed by atoms with Crippen LogP contribution in [-0.4, -0.2) is 28.7 Å². The maximum atomic E-state index is 6.69. The molecule has 0 unspecified atom stereocenters. The molecule has 1 aliphatic carbocycles. The zero-order valence-electron chi connectivity index (χ0n) is 19.4. The van der Waals surface area contributed by atoms with Crippen molar-refractivity contribution in [2.24, 2.45) is 0 Å². The summed E-state index contributed by atoms with van der Waals surface area (Å²) in [6, 6.07) is 19.1. The molecule has 0 N–H and O–H groups in total. The molecule has 3 heterocycles. The summed E-state index contributed by atoms with van der Waals surface area (Å²) in [5, 5.41) is 1.80. The van der Waals surface area contributed by atoms with Crippen molar-refractivity contribution in [1.29, 1.82) is 0 Å². The molecule has 6 rings (SSSR count). The van der Waals surface area contributed by atoms with E-state index in [1.54, 1.807) is 0 Å². The van der Waals surface area contributed by atoms with Crippen molar-refractivity contribution in [1.82, 2.24) is 9.55 Å². The van der Waals surface area contributed by atoms with Crippen molar-refractivity contribution >= 4 is 28.3 Å². The summed E-state index contributed by atoms with van der Waals surface area (Å²) < 4.78 is 8.28. The van der Waals surface area contributed by atoms with E-state index in [1.807, 2.05) is 12.4 Å². The number of fused-ring (bicyclic) bond motifs is 1. The Hall–Kier alpha value is -2.98. The molecule has 174 valence electrons. The Labute approximate surface area is 206 Å². The van der Waals surface area contributed by atoms with Crippen molar-refractivity contribution in [3.63, 3.8) is 0 Å². The lowest BCUT2D eigenvalue weighted by Gasteiger charge is -2.27. The Morgan fingerprint density at radius 2 is 1.59 bits per heavy atom. The average molecular weight is 472 g/mol. The van der Waals surface area contributed by atoms with Gasteiger partial charge in [-0.25, -0.2) is 4.98 Å². The van der Waals surface area contributed by atoms with Gasteiger partial charge < -0.3 is 14.2 Å². The van der Waals surface area contributed by atoms with Crippen LogP contribution in [0.1, 0.15) is 44.9 Å². The van der Waals surface area contributed by atoms with E-state index in [-0.39, 0.29) is 0 Å². The van der Waals surface area contributed by atoms with E-state index in [4.69, 9.17) is 21.3 Å². The van der Waals surface area contributed by atoms with E-state index in [1.165, 1.54) is 44.9 Å². The smallest absolute Gasteiger partial charge is 0.128 e. The van der Waals surface area contributed by atoms with Crippen LogP contribution in [0, 0.1) is 0 Å². The Bertz CT molecular complexity index is 1270.